The molecule has 35 heavy (non-hydrogen) atoms. The van der Waals surface area contributed by atoms with E-state index in [1.807, 2.05) is 17.7 Å². The summed E-state index contributed by atoms with van der Waals surface area (Å²) in [5.74, 6) is 2.33. The van der Waals surface area contributed by atoms with Crippen molar-refractivity contribution >= 4 is 32.7 Å². The molecule has 0 saturated heterocycles. The molecule has 7 rings (SSSR count). The van der Waals surface area contributed by atoms with Crippen molar-refractivity contribution in [1.82, 2.24) is 9.38 Å². The number of aromatic nitrogens is 2. The number of benzene rings is 1. The van der Waals surface area contributed by atoms with Gasteiger partial charge in [-0.3, -0.25) is 9.20 Å². The third-order valence-electron chi connectivity index (χ3n) is 8.96. The first-order valence-corrected chi connectivity index (χ1v) is 14.6. The van der Waals surface area contributed by atoms with Crippen LogP contribution in [0, 0.1) is 5.92 Å². The second kappa shape index (κ2) is 8.89. The van der Waals surface area contributed by atoms with Gasteiger partial charge in [0, 0.05) is 21.4 Å². The zero-order valence-electron chi connectivity index (χ0n) is 20.4. The SMILES string of the molecule is O=C(c1c(C2CC2)ccc2c(C3CCC(c4cc5ccccc5s4)CC3)ncn12)C1CCCCC1. The highest BCUT2D eigenvalue weighted by atomic mass is 32.1. The summed E-state index contributed by atoms with van der Waals surface area (Å²) < 4.78 is 3.60. The van der Waals surface area contributed by atoms with Gasteiger partial charge in [-0.25, -0.2) is 4.98 Å². The minimum absolute atomic E-state index is 0.203. The Balaban J connectivity index is 1.16. The van der Waals surface area contributed by atoms with Crippen molar-refractivity contribution < 1.29 is 4.79 Å². The first kappa shape index (κ1) is 21.8. The van der Waals surface area contributed by atoms with Gasteiger partial charge < -0.3 is 0 Å². The molecule has 4 heteroatoms. The van der Waals surface area contributed by atoms with Gasteiger partial charge in [-0.2, -0.15) is 0 Å². The lowest BCUT2D eigenvalue weighted by atomic mass is 9.79. The molecule has 3 aromatic heterocycles. The van der Waals surface area contributed by atoms with Gasteiger partial charge in [-0.05, 0) is 92.4 Å². The minimum atomic E-state index is 0.203. The third-order valence-corrected chi connectivity index (χ3v) is 10.2. The number of hydrogen-bond acceptors (Lipinski definition) is 3. The first-order chi connectivity index (χ1) is 17.3. The van der Waals surface area contributed by atoms with Crippen LogP contribution in [0.25, 0.3) is 15.6 Å². The number of Topliss-reactive ketones (excluding diaryl/α,β-unsaturated/α-hetero) is 1. The van der Waals surface area contributed by atoms with Crippen LogP contribution in [0.1, 0.15) is 115 Å². The number of hydrogen-bond donors (Lipinski definition) is 0. The van der Waals surface area contributed by atoms with Crippen LogP contribution in [-0.4, -0.2) is 15.2 Å². The summed E-state index contributed by atoms with van der Waals surface area (Å²) in [7, 11) is 0. The van der Waals surface area contributed by atoms with Crippen LogP contribution >= 0.6 is 11.3 Å². The van der Waals surface area contributed by atoms with Crippen LogP contribution in [0.2, 0.25) is 0 Å². The molecule has 3 nitrogen and oxygen atoms in total. The molecule has 0 spiro atoms. The van der Waals surface area contributed by atoms with Crippen molar-refractivity contribution in [3.8, 4) is 0 Å². The van der Waals surface area contributed by atoms with Crippen molar-refractivity contribution in [2.24, 2.45) is 5.92 Å². The Morgan fingerprint density at radius 1 is 0.829 bits per heavy atom. The first-order valence-electron chi connectivity index (χ1n) is 13.8. The van der Waals surface area contributed by atoms with Crippen LogP contribution < -0.4 is 0 Å². The van der Waals surface area contributed by atoms with Gasteiger partial charge in [-0.1, -0.05) is 43.5 Å². The number of imidazole rings is 1. The maximum Gasteiger partial charge on any atom is 0.182 e. The van der Waals surface area contributed by atoms with Crippen molar-refractivity contribution in [3.05, 3.63) is 70.6 Å². The predicted octanol–water partition coefficient (Wildman–Crippen LogP) is 8.63. The fraction of sp³-hybridized carbons (Fsp3) is 0.484. The molecular formula is C31H34N2OS. The maximum atomic E-state index is 13.8. The smallest absolute Gasteiger partial charge is 0.182 e. The molecule has 3 fully saturated rings. The average molecular weight is 483 g/mol. The number of rotatable bonds is 5. The van der Waals surface area contributed by atoms with Crippen LogP contribution in [0.4, 0.5) is 0 Å². The number of fused-ring (bicyclic) bond motifs is 2. The Morgan fingerprint density at radius 2 is 1.57 bits per heavy atom. The van der Waals surface area contributed by atoms with E-state index in [0.29, 0.717) is 23.5 Å². The molecule has 4 aromatic rings. The van der Waals surface area contributed by atoms with E-state index in [-0.39, 0.29) is 5.92 Å². The third kappa shape index (κ3) is 3.94. The zero-order valence-corrected chi connectivity index (χ0v) is 21.2. The lowest BCUT2D eigenvalue weighted by molar-refractivity contribution is 0.0881. The maximum absolute atomic E-state index is 13.8. The number of carbonyl (C=O) groups excluding carboxylic acids is 1. The van der Waals surface area contributed by atoms with Crippen LogP contribution in [0.3, 0.4) is 0 Å². The quantitative estimate of drug-likeness (QED) is 0.267. The Kier molecular flexibility index (Phi) is 5.53. The molecule has 3 saturated carbocycles. The molecule has 180 valence electrons. The molecule has 1 aromatic carbocycles. The molecule has 0 N–H and O–H groups in total. The standard InChI is InChI=1S/C31H34N2OS/c34-31(23-6-2-1-3-7-23)30-25(20-10-11-20)16-17-26-29(32-19-33(26)30)22-14-12-21(13-15-22)28-18-24-8-4-5-9-27(24)35-28/h4-5,8-9,16-23H,1-3,6-7,10-15H2. The summed E-state index contributed by atoms with van der Waals surface area (Å²) in [4.78, 5) is 20.3. The lowest BCUT2D eigenvalue weighted by Gasteiger charge is -2.27. The summed E-state index contributed by atoms with van der Waals surface area (Å²) in [6, 6.07) is 15.7. The second-order valence-corrected chi connectivity index (χ2v) is 12.3. The molecule has 0 atom stereocenters. The molecule has 0 amide bonds. The molecule has 3 aliphatic rings. The highest BCUT2D eigenvalue weighted by Crippen LogP contribution is 2.46. The summed E-state index contributed by atoms with van der Waals surface area (Å²) in [5, 5.41) is 1.39. The Bertz CT molecular complexity index is 1350. The Morgan fingerprint density at radius 3 is 2.34 bits per heavy atom. The van der Waals surface area contributed by atoms with Gasteiger partial charge in [0.05, 0.1) is 16.9 Å². The predicted molar refractivity (Wildman–Crippen MR) is 144 cm³/mol. The van der Waals surface area contributed by atoms with Crippen LogP contribution in [0.15, 0.2) is 48.8 Å². The lowest BCUT2D eigenvalue weighted by Crippen LogP contribution is -2.22. The van der Waals surface area contributed by atoms with Crippen molar-refractivity contribution in [2.75, 3.05) is 0 Å². The highest BCUT2D eigenvalue weighted by Gasteiger charge is 2.34. The topological polar surface area (TPSA) is 34.4 Å². The van der Waals surface area contributed by atoms with Crippen LogP contribution in [0.5, 0.6) is 0 Å². The number of ketones is 1. The van der Waals surface area contributed by atoms with Gasteiger partial charge in [0.15, 0.2) is 5.78 Å². The molecule has 3 heterocycles. The number of carbonyl (C=O) groups is 1. The monoisotopic (exact) mass is 482 g/mol. The largest absolute Gasteiger partial charge is 0.295 e. The van der Waals surface area contributed by atoms with Gasteiger partial charge in [0.25, 0.3) is 0 Å². The molecule has 0 unspecified atom stereocenters. The van der Waals surface area contributed by atoms with E-state index in [2.05, 4.69) is 46.9 Å². The van der Waals surface area contributed by atoms with E-state index >= 15 is 0 Å². The summed E-state index contributed by atoms with van der Waals surface area (Å²) in [5.41, 5.74) is 4.65. The van der Waals surface area contributed by atoms with E-state index in [9.17, 15) is 4.79 Å². The minimum Gasteiger partial charge on any atom is -0.295 e. The molecule has 3 aliphatic carbocycles. The van der Waals surface area contributed by atoms with Gasteiger partial charge in [-0.15, -0.1) is 11.3 Å². The summed E-state index contributed by atoms with van der Waals surface area (Å²) in [6.07, 6.45) is 15.0. The zero-order chi connectivity index (χ0) is 23.4. The molecule has 0 bridgehead atoms. The van der Waals surface area contributed by atoms with E-state index in [1.165, 1.54) is 84.6 Å². The summed E-state index contributed by atoms with van der Waals surface area (Å²) >= 11 is 1.98. The average Bonchev–Trinajstić information content (AvgIpc) is 3.52. The second-order valence-electron chi connectivity index (χ2n) is 11.2. The fourth-order valence-electron chi connectivity index (χ4n) is 6.81. The van der Waals surface area contributed by atoms with Gasteiger partial charge in [0.2, 0.25) is 0 Å². The van der Waals surface area contributed by atoms with Gasteiger partial charge in [0.1, 0.15) is 6.33 Å². The van der Waals surface area contributed by atoms with Gasteiger partial charge >= 0.3 is 0 Å². The van der Waals surface area contributed by atoms with Crippen molar-refractivity contribution in [3.63, 3.8) is 0 Å². The fourth-order valence-corrected chi connectivity index (χ4v) is 8.05. The van der Waals surface area contributed by atoms with Crippen LogP contribution in [-0.2, 0) is 0 Å². The number of pyridine rings is 1. The molecule has 0 radical (unpaired) electrons. The van der Waals surface area contributed by atoms with E-state index in [1.54, 1.807) is 4.88 Å². The normalized spacial score (nSPS) is 23.8. The summed E-state index contributed by atoms with van der Waals surface area (Å²) in [6.45, 7) is 0. The van der Waals surface area contributed by atoms with E-state index in [4.69, 9.17) is 4.98 Å². The number of thiophene rings is 1. The van der Waals surface area contributed by atoms with Crippen molar-refractivity contribution in [1.29, 1.82) is 0 Å². The highest BCUT2D eigenvalue weighted by molar-refractivity contribution is 7.19. The van der Waals surface area contributed by atoms with E-state index < -0.39 is 0 Å². The molecule has 0 aliphatic heterocycles. The molecular weight excluding hydrogens is 448 g/mol. The van der Waals surface area contributed by atoms with E-state index in [0.717, 1.165) is 18.5 Å². The Hall–Kier alpha value is -2.46. The Labute approximate surface area is 211 Å². The number of nitrogens with zero attached hydrogens (tertiary/aromatic N) is 2. The van der Waals surface area contributed by atoms with Crippen molar-refractivity contribution in [2.45, 2.75) is 88.4 Å².